The molecular weight excluding hydrogens is 388 g/mol. The Morgan fingerprint density at radius 3 is 2.55 bits per heavy atom. The summed E-state index contributed by atoms with van der Waals surface area (Å²) in [6, 6.07) is 21.6. The summed E-state index contributed by atoms with van der Waals surface area (Å²) < 4.78 is 5.44. The number of para-hydroxylation sites is 2. The Morgan fingerprint density at radius 1 is 1.06 bits per heavy atom. The smallest absolute Gasteiger partial charge is 0.231 e. The van der Waals surface area contributed by atoms with Gasteiger partial charge in [-0.25, -0.2) is 0 Å². The number of hydrogen-bond donors (Lipinski definition) is 0. The zero-order valence-corrected chi connectivity index (χ0v) is 18.1. The SMILES string of the molecule is CCN(C(=O)C1CCCN(c2ccc(-c3ccccc3OC)nn2)C1)c1ccccc1. The van der Waals surface area contributed by atoms with Crippen molar-refractivity contribution in [3.05, 3.63) is 66.7 Å². The highest BCUT2D eigenvalue weighted by molar-refractivity contribution is 5.95. The van der Waals surface area contributed by atoms with Crippen LogP contribution in [0.2, 0.25) is 0 Å². The standard InChI is InChI=1S/C25H28N4O2/c1-3-29(20-11-5-4-6-12-20)25(30)19-10-9-17-28(18-19)24-16-15-22(26-27-24)21-13-7-8-14-23(21)31-2/h4-8,11-16,19H,3,9-10,17-18H2,1-2H3. The molecule has 31 heavy (non-hydrogen) atoms. The molecule has 1 saturated heterocycles. The van der Waals surface area contributed by atoms with Gasteiger partial charge < -0.3 is 14.5 Å². The van der Waals surface area contributed by atoms with Crippen molar-refractivity contribution in [1.82, 2.24) is 10.2 Å². The van der Waals surface area contributed by atoms with Crippen LogP contribution in [-0.4, -0.2) is 42.8 Å². The van der Waals surface area contributed by atoms with Gasteiger partial charge in [0.25, 0.3) is 0 Å². The van der Waals surface area contributed by atoms with E-state index in [0.717, 1.165) is 47.9 Å². The number of anilines is 2. The van der Waals surface area contributed by atoms with E-state index < -0.39 is 0 Å². The summed E-state index contributed by atoms with van der Waals surface area (Å²) in [6.07, 6.45) is 1.85. The van der Waals surface area contributed by atoms with Crippen LogP contribution in [-0.2, 0) is 4.79 Å². The quantitative estimate of drug-likeness (QED) is 0.595. The monoisotopic (exact) mass is 416 g/mol. The number of carbonyl (C=O) groups is 1. The van der Waals surface area contributed by atoms with Crippen LogP contribution >= 0.6 is 0 Å². The number of methoxy groups -OCH3 is 1. The lowest BCUT2D eigenvalue weighted by molar-refractivity contribution is -0.122. The molecule has 2 aromatic carbocycles. The summed E-state index contributed by atoms with van der Waals surface area (Å²) in [7, 11) is 1.65. The third-order valence-corrected chi connectivity index (χ3v) is 5.78. The minimum atomic E-state index is -0.0513. The number of carbonyl (C=O) groups excluding carboxylic acids is 1. The minimum absolute atomic E-state index is 0.0513. The molecule has 1 aromatic heterocycles. The molecule has 160 valence electrons. The normalized spacial score (nSPS) is 16.1. The maximum absolute atomic E-state index is 13.3. The van der Waals surface area contributed by atoms with Gasteiger partial charge in [-0.3, -0.25) is 4.79 Å². The Balaban J connectivity index is 1.49. The van der Waals surface area contributed by atoms with Crippen molar-refractivity contribution < 1.29 is 9.53 Å². The molecule has 1 amide bonds. The lowest BCUT2D eigenvalue weighted by Gasteiger charge is -2.35. The van der Waals surface area contributed by atoms with Crippen molar-refractivity contribution in [3.63, 3.8) is 0 Å². The van der Waals surface area contributed by atoms with Crippen molar-refractivity contribution in [2.24, 2.45) is 5.92 Å². The maximum atomic E-state index is 13.3. The number of amides is 1. The zero-order chi connectivity index (χ0) is 21.6. The second-order valence-electron chi connectivity index (χ2n) is 7.68. The number of benzene rings is 2. The molecule has 0 bridgehead atoms. The highest BCUT2D eigenvalue weighted by Crippen LogP contribution is 2.29. The molecule has 1 aliphatic rings. The van der Waals surface area contributed by atoms with Gasteiger partial charge in [-0.05, 0) is 56.2 Å². The predicted octanol–water partition coefficient (Wildman–Crippen LogP) is 4.42. The van der Waals surface area contributed by atoms with E-state index >= 15 is 0 Å². The van der Waals surface area contributed by atoms with Crippen LogP contribution in [0, 0.1) is 5.92 Å². The molecule has 4 rings (SSSR count). The van der Waals surface area contributed by atoms with E-state index in [2.05, 4.69) is 15.1 Å². The average Bonchev–Trinajstić information content (AvgIpc) is 2.85. The molecule has 6 heteroatoms. The lowest BCUT2D eigenvalue weighted by atomic mass is 9.96. The van der Waals surface area contributed by atoms with Crippen molar-refractivity contribution in [2.75, 3.05) is 36.5 Å². The van der Waals surface area contributed by atoms with Gasteiger partial charge in [-0.2, -0.15) is 0 Å². The number of ether oxygens (including phenoxy) is 1. The van der Waals surface area contributed by atoms with Crippen LogP contribution in [0.3, 0.4) is 0 Å². The van der Waals surface area contributed by atoms with E-state index in [1.807, 2.05) is 78.6 Å². The maximum Gasteiger partial charge on any atom is 0.231 e. The number of aromatic nitrogens is 2. The van der Waals surface area contributed by atoms with Gasteiger partial charge in [0.1, 0.15) is 5.75 Å². The summed E-state index contributed by atoms with van der Waals surface area (Å²) in [5.74, 6) is 1.70. The molecule has 1 fully saturated rings. The highest BCUT2D eigenvalue weighted by Gasteiger charge is 2.30. The fourth-order valence-corrected chi connectivity index (χ4v) is 4.17. The first kappa shape index (κ1) is 20.8. The van der Waals surface area contributed by atoms with E-state index in [1.54, 1.807) is 7.11 Å². The Labute approximate surface area is 183 Å². The van der Waals surface area contributed by atoms with Crippen LogP contribution in [0.25, 0.3) is 11.3 Å². The Hall–Kier alpha value is -3.41. The second kappa shape index (κ2) is 9.60. The Morgan fingerprint density at radius 2 is 1.84 bits per heavy atom. The molecule has 0 N–H and O–H groups in total. The molecule has 0 radical (unpaired) electrons. The molecule has 6 nitrogen and oxygen atoms in total. The molecule has 0 aliphatic carbocycles. The van der Waals surface area contributed by atoms with E-state index in [9.17, 15) is 4.79 Å². The first-order chi connectivity index (χ1) is 15.2. The first-order valence-electron chi connectivity index (χ1n) is 10.8. The van der Waals surface area contributed by atoms with Gasteiger partial charge in [-0.15, -0.1) is 10.2 Å². The largest absolute Gasteiger partial charge is 0.496 e. The van der Waals surface area contributed by atoms with Crippen LogP contribution in [0.4, 0.5) is 11.5 Å². The molecule has 0 saturated carbocycles. The van der Waals surface area contributed by atoms with Crippen molar-refractivity contribution >= 4 is 17.4 Å². The first-order valence-corrected chi connectivity index (χ1v) is 10.8. The summed E-state index contributed by atoms with van der Waals surface area (Å²) >= 11 is 0. The van der Waals surface area contributed by atoms with Gasteiger partial charge >= 0.3 is 0 Å². The fourth-order valence-electron chi connectivity index (χ4n) is 4.17. The molecule has 1 atom stereocenters. The minimum Gasteiger partial charge on any atom is -0.496 e. The summed E-state index contributed by atoms with van der Waals surface area (Å²) in [5.41, 5.74) is 2.64. The molecular formula is C25H28N4O2. The zero-order valence-electron chi connectivity index (χ0n) is 18.1. The summed E-state index contributed by atoms with van der Waals surface area (Å²) in [6.45, 7) is 4.22. The average molecular weight is 417 g/mol. The topological polar surface area (TPSA) is 58.6 Å². The van der Waals surface area contributed by atoms with Crippen LogP contribution in [0.5, 0.6) is 5.75 Å². The Kier molecular flexibility index (Phi) is 6.46. The molecule has 2 heterocycles. The van der Waals surface area contributed by atoms with Crippen LogP contribution in [0.15, 0.2) is 66.7 Å². The van der Waals surface area contributed by atoms with Crippen LogP contribution < -0.4 is 14.5 Å². The molecule has 3 aromatic rings. The number of hydrogen-bond acceptors (Lipinski definition) is 5. The van der Waals surface area contributed by atoms with E-state index in [4.69, 9.17) is 4.74 Å². The fraction of sp³-hybridized carbons (Fsp3) is 0.320. The van der Waals surface area contributed by atoms with Gasteiger partial charge in [0, 0.05) is 30.9 Å². The second-order valence-corrected chi connectivity index (χ2v) is 7.68. The number of piperidine rings is 1. The highest BCUT2D eigenvalue weighted by atomic mass is 16.5. The summed E-state index contributed by atoms with van der Waals surface area (Å²) in [5, 5.41) is 8.90. The predicted molar refractivity (Wildman–Crippen MR) is 123 cm³/mol. The molecule has 1 aliphatic heterocycles. The van der Waals surface area contributed by atoms with E-state index in [1.165, 1.54) is 0 Å². The van der Waals surface area contributed by atoms with Crippen LogP contribution in [0.1, 0.15) is 19.8 Å². The van der Waals surface area contributed by atoms with Gasteiger partial charge in [0.15, 0.2) is 5.82 Å². The number of rotatable bonds is 6. The van der Waals surface area contributed by atoms with Crippen molar-refractivity contribution in [3.8, 4) is 17.0 Å². The number of nitrogens with zero attached hydrogens (tertiary/aromatic N) is 4. The van der Waals surface area contributed by atoms with E-state index in [-0.39, 0.29) is 11.8 Å². The Bertz CT molecular complexity index is 1010. The lowest BCUT2D eigenvalue weighted by Crippen LogP contribution is -2.45. The van der Waals surface area contributed by atoms with Crippen molar-refractivity contribution in [2.45, 2.75) is 19.8 Å². The van der Waals surface area contributed by atoms with Gasteiger partial charge in [0.2, 0.25) is 5.91 Å². The third kappa shape index (κ3) is 4.53. The third-order valence-electron chi connectivity index (χ3n) is 5.78. The van der Waals surface area contributed by atoms with Gasteiger partial charge in [0.05, 0.1) is 18.7 Å². The summed E-state index contributed by atoms with van der Waals surface area (Å²) in [4.78, 5) is 17.3. The van der Waals surface area contributed by atoms with Gasteiger partial charge in [-0.1, -0.05) is 30.3 Å². The molecule has 0 spiro atoms. The van der Waals surface area contributed by atoms with Crippen molar-refractivity contribution in [1.29, 1.82) is 0 Å². The van der Waals surface area contributed by atoms with E-state index in [0.29, 0.717) is 13.1 Å². The molecule has 1 unspecified atom stereocenters.